The number of carboxylic acid groups (broad SMARTS) is 1. The number of nitrogens with two attached hydrogens (primary N) is 1. The van der Waals surface area contributed by atoms with E-state index >= 15 is 0 Å². The highest BCUT2D eigenvalue weighted by atomic mass is 16.4. The molecule has 0 bridgehead atoms. The van der Waals surface area contributed by atoms with Crippen LogP contribution in [0, 0.1) is 0 Å². The maximum atomic E-state index is 10.5. The van der Waals surface area contributed by atoms with Crippen molar-refractivity contribution in [1.29, 1.82) is 0 Å². The summed E-state index contributed by atoms with van der Waals surface area (Å²) in [6.07, 6.45) is -0.246. The summed E-state index contributed by atoms with van der Waals surface area (Å²) in [5.41, 5.74) is 6.31. The summed E-state index contributed by atoms with van der Waals surface area (Å²) < 4.78 is 0. The zero-order valence-corrected chi connectivity index (χ0v) is 8.00. The van der Waals surface area contributed by atoms with Crippen molar-refractivity contribution < 1.29 is 19.9 Å². The Morgan fingerprint density at radius 1 is 1.40 bits per heavy atom. The first-order chi connectivity index (χ1) is 7.02. The Balaban J connectivity index is 2.97. The van der Waals surface area contributed by atoms with Gasteiger partial charge in [0.1, 0.15) is 0 Å². The second kappa shape index (κ2) is 4.93. The van der Waals surface area contributed by atoms with Crippen LogP contribution in [-0.2, 0) is 4.79 Å². The molecule has 80 valence electrons. The molecule has 1 aromatic rings. The van der Waals surface area contributed by atoms with Crippen LogP contribution < -0.4 is 11.2 Å². The molecule has 0 saturated carbocycles. The fourth-order valence-electron chi connectivity index (χ4n) is 1.38. The van der Waals surface area contributed by atoms with Crippen LogP contribution in [0.5, 0.6) is 0 Å². The lowest BCUT2D eigenvalue weighted by Gasteiger charge is -2.14. The van der Waals surface area contributed by atoms with E-state index in [0.29, 0.717) is 5.56 Å². The molecule has 1 atom stereocenters. The van der Waals surface area contributed by atoms with Gasteiger partial charge in [-0.2, -0.15) is 0 Å². The fourth-order valence-corrected chi connectivity index (χ4v) is 1.38. The highest BCUT2D eigenvalue weighted by Crippen LogP contribution is 2.11. The van der Waals surface area contributed by atoms with Crippen LogP contribution in [0.15, 0.2) is 24.3 Å². The molecular formula is C9H12BNO4. The predicted molar refractivity (Wildman–Crippen MR) is 55.4 cm³/mol. The number of hydrogen-bond acceptors (Lipinski definition) is 4. The third-order valence-corrected chi connectivity index (χ3v) is 2.07. The van der Waals surface area contributed by atoms with Crippen molar-refractivity contribution in [1.82, 2.24) is 0 Å². The maximum Gasteiger partial charge on any atom is 0.488 e. The third-order valence-electron chi connectivity index (χ3n) is 2.07. The summed E-state index contributed by atoms with van der Waals surface area (Å²) >= 11 is 0. The zero-order valence-electron chi connectivity index (χ0n) is 8.00. The van der Waals surface area contributed by atoms with Gasteiger partial charge in [0.2, 0.25) is 0 Å². The summed E-state index contributed by atoms with van der Waals surface area (Å²) in [6.45, 7) is 0. The molecule has 5 nitrogen and oxygen atoms in total. The maximum absolute atomic E-state index is 10.5. The molecule has 6 heteroatoms. The Labute approximate surface area is 87.3 Å². The first-order valence-electron chi connectivity index (χ1n) is 4.44. The van der Waals surface area contributed by atoms with Gasteiger partial charge in [-0.25, -0.2) is 0 Å². The number of aliphatic carboxylic acids is 1. The Morgan fingerprint density at radius 2 is 2.00 bits per heavy atom. The van der Waals surface area contributed by atoms with Crippen molar-refractivity contribution in [3.05, 3.63) is 29.8 Å². The minimum atomic E-state index is -1.64. The lowest BCUT2D eigenvalue weighted by atomic mass is 9.75. The number of carbonyl (C=O) groups is 1. The molecule has 0 aliphatic rings. The van der Waals surface area contributed by atoms with Gasteiger partial charge in [0, 0.05) is 6.04 Å². The molecule has 0 spiro atoms. The highest BCUT2D eigenvalue weighted by molar-refractivity contribution is 6.59. The van der Waals surface area contributed by atoms with E-state index in [1.165, 1.54) is 6.07 Å². The average molecular weight is 209 g/mol. The van der Waals surface area contributed by atoms with Gasteiger partial charge in [0.05, 0.1) is 6.42 Å². The van der Waals surface area contributed by atoms with Gasteiger partial charge in [-0.15, -0.1) is 0 Å². The van der Waals surface area contributed by atoms with Crippen molar-refractivity contribution in [2.24, 2.45) is 5.73 Å². The lowest BCUT2D eigenvalue weighted by Crippen LogP contribution is -2.35. The molecule has 15 heavy (non-hydrogen) atoms. The largest absolute Gasteiger partial charge is 0.488 e. The molecule has 1 aromatic carbocycles. The summed E-state index contributed by atoms with van der Waals surface area (Å²) in [5.74, 6) is -1.02. The molecule has 0 saturated heterocycles. The predicted octanol–water partition coefficient (Wildman–Crippen LogP) is -1.16. The number of benzene rings is 1. The van der Waals surface area contributed by atoms with Crippen LogP contribution in [0.1, 0.15) is 18.0 Å². The summed E-state index contributed by atoms with van der Waals surface area (Å²) in [6, 6.07) is 5.65. The van der Waals surface area contributed by atoms with E-state index in [1.54, 1.807) is 18.2 Å². The normalized spacial score (nSPS) is 12.2. The summed E-state index contributed by atoms with van der Waals surface area (Å²) in [7, 11) is -1.64. The van der Waals surface area contributed by atoms with E-state index in [4.69, 9.17) is 20.9 Å². The first-order valence-corrected chi connectivity index (χ1v) is 4.44. The van der Waals surface area contributed by atoms with Gasteiger partial charge in [0.25, 0.3) is 0 Å². The van der Waals surface area contributed by atoms with Crippen LogP contribution in [0.4, 0.5) is 0 Å². The van der Waals surface area contributed by atoms with Crippen LogP contribution in [-0.4, -0.2) is 28.2 Å². The molecule has 1 rings (SSSR count). The Kier molecular flexibility index (Phi) is 3.84. The summed E-state index contributed by atoms with van der Waals surface area (Å²) in [5, 5.41) is 26.6. The van der Waals surface area contributed by atoms with Crippen molar-refractivity contribution in [3.63, 3.8) is 0 Å². The van der Waals surface area contributed by atoms with E-state index < -0.39 is 19.1 Å². The number of rotatable bonds is 4. The zero-order chi connectivity index (χ0) is 11.4. The average Bonchev–Trinajstić information content (AvgIpc) is 2.16. The quantitative estimate of drug-likeness (QED) is 0.468. The van der Waals surface area contributed by atoms with Crippen molar-refractivity contribution >= 4 is 18.6 Å². The molecule has 0 amide bonds. The van der Waals surface area contributed by atoms with E-state index in [2.05, 4.69) is 0 Å². The van der Waals surface area contributed by atoms with Gasteiger partial charge < -0.3 is 20.9 Å². The molecule has 1 unspecified atom stereocenters. The van der Waals surface area contributed by atoms with Crippen molar-refractivity contribution in [2.45, 2.75) is 12.5 Å². The van der Waals surface area contributed by atoms with E-state index in [9.17, 15) is 4.79 Å². The molecule has 0 heterocycles. The van der Waals surface area contributed by atoms with Gasteiger partial charge in [-0.1, -0.05) is 24.3 Å². The monoisotopic (exact) mass is 209 g/mol. The highest BCUT2D eigenvalue weighted by Gasteiger charge is 2.20. The van der Waals surface area contributed by atoms with Crippen molar-refractivity contribution in [3.8, 4) is 0 Å². The Hall–Kier alpha value is -1.37. The molecular weight excluding hydrogens is 197 g/mol. The SMILES string of the molecule is NC(CC(=O)O)c1ccccc1B(O)O. The lowest BCUT2D eigenvalue weighted by molar-refractivity contribution is -0.137. The Bertz CT molecular complexity index is 356. The topological polar surface area (TPSA) is 104 Å². The third kappa shape index (κ3) is 3.05. The summed E-state index contributed by atoms with van der Waals surface area (Å²) in [4.78, 5) is 10.5. The smallest absolute Gasteiger partial charge is 0.481 e. The minimum absolute atomic E-state index is 0.242. The van der Waals surface area contributed by atoms with Gasteiger partial charge >= 0.3 is 13.1 Å². The first kappa shape index (κ1) is 11.7. The van der Waals surface area contributed by atoms with Crippen LogP contribution >= 0.6 is 0 Å². The molecule has 0 aliphatic carbocycles. The van der Waals surface area contributed by atoms with Crippen molar-refractivity contribution in [2.75, 3.05) is 0 Å². The van der Waals surface area contributed by atoms with E-state index in [0.717, 1.165) is 0 Å². The van der Waals surface area contributed by atoms with Crippen LogP contribution in [0.3, 0.4) is 0 Å². The van der Waals surface area contributed by atoms with Gasteiger partial charge in [-0.3, -0.25) is 4.79 Å². The molecule has 0 aromatic heterocycles. The fraction of sp³-hybridized carbons (Fsp3) is 0.222. The second-order valence-electron chi connectivity index (χ2n) is 3.21. The van der Waals surface area contributed by atoms with E-state index in [-0.39, 0.29) is 11.9 Å². The Morgan fingerprint density at radius 3 is 2.53 bits per heavy atom. The number of hydrogen-bond donors (Lipinski definition) is 4. The minimum Gasteiger partial charge on any atom is -0.481 e. The molecule has 0 radical (unpaired) electrons. The van der Waals surface area contributed by atoms with E-state index in [1.807, 2.05) is 0 Å². The molecule has 0 aliphatic heterocycles. The van der Waals surface area contributed by atoms with Gasteiger partial charge in [-0.05, 0) is 11.0 Å². The number of carboxylic acids is 1. The molecule has 5 N–H and O–H groups in total. The van der Waals surface area contributed by atoms with Gasteiger partial charge in [0.15, 0.2) is 0 Å². The molecule has 0 fully saturated rings. The standard InChI is InChI=1S/C9H12BNO4/c11-8(5-9(12)13)6-3-1-2-4-7(6)10(14)15/h1-4,8,14-15H,5,11H2,(H,12,13). The van der Waals surface area contributed by atoms with Crippen LogP contribution in [0.25, 0.3) is 0 Å². The second-order valence-corrected chi connectivity index (χ2v) is 3.21. The van der Waals surface area contributed by atoms with Crippen LogP contribution in [0.2, 0.25) is 0 Å².